The number of anilines is 1. The Labute approximate surface area is 168 Å². The summed E-state index contributed by atoms with van der Waals surface area (Å²) >= 11 is 0. The molecule has 2 amide bonds. The molecule has 156 valence electrons. The fraction of sp³-hybridized carbons (Fsp3) is 0.316. The topological polar surface area (TPSA) is 101 Å². The van der Waals surface area contributed by atoms with Gasteiger partial charge in [0.25, 0.3) is 17.5 Å². The van der Waals surface area contributed by atoms with Crippen molar-refractivity contribution >= 4 is 23.3 Å². The number of aromatic nitrogens is 4. The molecular formula is C19H17F3N6O2. The summed E-state index contributed by atoms with van der Waals surface area (Å²) in [5.74, 6) is -1.87. The van der Waals surface area contributed by atoms with Gasteiger partial charge in [0.05, 0.1) is 0 Å². The molecule has 0 aliphatic carbocycles. The highest BCUT2D eigenvalue weighted by molar-refractivity contribution is 6.00. The smallest absolute Gasteiger partial charge is 0.348 e. The van der Waals surface area contributed by atoms with Crippen LogP contribution in [0.1, 0.15) is 45.1 Å². The summed E-state index contributed by atoms with van der Waals surface area (Å²) in [5, 5.41) is 8.95. The van der Waals surface area contributed by atoms with Gasteiger partial charge in [-0.2, -0.15) is 18.2 Å². The summed E-state index contributed by atoms with van der Waals surface area (Å²) in [7, 11) is 0. The number of aryl methyl sites for hydroxylation is 2. The van der Waals surface area contributed by atoms with Crippen LogP contribution in [0.4, 0.5) is 18.9 Å². The molecule has 0 spiro atoms. The number of benzene rings is 1. The molecule has 0 unspecified atom stereocenters. The van der Waals surface area contributed by atoms with E-state index in [9.17, 15) is 22.8 Å². The Kier molecular flexibility index (Phi) is 4.67. The molecule has 11 heteroatoms. The summed E-state index contributed by atoms with van der Waals surface area (Å²) < 4.78 is 39.7. The molecule has 2 N–H and O–H groups in total. The van der Waals surface area contributed by atoms with Gasteiger partial charge in [-0.3, -0.25) is 9.59 Å². The van der Waals surface area contributed by atoms with E-state index < -0.39 is 12.0 Å². The van der Waals surface area contributed by atoms with Gasteiger partial charge in [-0.15, -0.1) is 5.10 Å². The summed E-state index contributed by atoms with van der Waals surface area (Å²) in [4.78, 5) is 31.6. The Hall–Kier alpha value is -3.50. The van der Waals surface area contributed by atoms with Crippen molar-refractivity contribution in [1.29, 1.82) is 0 Å². The third-order valence-electron chi connectivity index (χ3n) is 4.98. The molecule has 0 atom stereocenters. The van der Waals surface area contributed by atoms with Crippen LogP contribution in [0.3, 0.4) is 0 Å². The maximum absolute atomic E-state index is 12.9. The van der Waals surface area contributed by atoms with Crippen molar-refractivity contribution in [2.75, 3.05) is 5.32 Å². The lowest BCUT2D eigenvalue weighted by molar-refractivity contribution is -0.144. The molecule has 30 heavy (non-hydrogen) atoms. The average Bonchev–Trinajstić information content (AvgIpc) is 3.26. The van der Waals surface area contributed by atoms with Crippen LogP contribution in [-0.2, 0) is 23.9 Å². The van der Waals surface area contributed by atoms with Gasteiger partial charge in [0.1, 0.15) is 0 Å². The Balaban J connectivity index is 1.50. The van der Waals surface area contributed by atoms with Crippen LogP contribution in [0.15, 0.2) is 18.2 Å². The summed E-state index contributed by atoms with van der Waals surface area (Å²) in [6.07, 6.45) is -4.32. The largest absolute Gasteiger partial charge is 0.453 e. The predicted octanol–water partition coefficient (Wildman–Crippen LogP) is 2.57. The molecule has 1 aliphatic rings. The van der Waals surface area contributed by atoms with Gasteiger partial charge in [0.15, 0.2) is 0 Å². The molecule has 1 aliphatic heterocycles. The number of hydrogen-bond donors (Lipinski definition) is 2. The first-order valence-electron chi connectivity index (χ1n) is 9.14. The van der Waals surface area contributed by atoms with E-state index in [0.29, 0.717) is 34.7 Å². The number of hydrogen-bond acceptors (Lipinski definition) is 5. The van der Waals surface area contributed by atoms with E-state index in [2.05, 4.69) is 25.7 Å². The Bertz CT molecular complexity index is 1190. The zero-order valence-corrected chi connectivity index (χ0v) is 16.1. The fourth-order valence-electron chi connectivity index (χ4n) is 3.44. The van der Waals surface area contributed by atoms with Crippen molar-refractivity contribution in [3.63, 3.8) is 0 Å². The minimum absolute atomic E-state index is 0.0823. The Morgan fingerprint density at radius 1 is 1.27 bits per heavy atom. The molecule has 0 radical (unpaired) electrons. The lowest BCUT2D eigenvalue weighted by atomic mass is 10.1. The number of halogens is 3. The third-order valence-corrected chi connectivity index (χ3v) is 4.98. The first-order chi connectivity index (χ1) is 14.1. The van der Waals surface area contributed by atoms with Gasteiger partial charge in [-0.1, -0.05) is 6.07 Å². The minimum Gasteiger partial charge on any atom is -0.348 e. The SMILES string of the molecule is Cc1nc2nc(C(F)(F)F)nn2c(C)c1CCC(=O)Nc1ccc2c(c1)C(=O)NC2. The van der Waals surface area contributed by atoms with Crippen LogP contribution < -0.4 is 10.6 Å². The highest BCUT2D eigenvalue weighted by atomic mass is 19.4. The maximum Gasteiger partial charge on any atom is 0.453 e. The number of amides is 2. The van der Waals surface area contributed by atoms with Crippen LogP contribution >= 0.6 is 0 Å². The number of carbonyl (C=O) groups excluding carboxylic acids is 2. The van der Waals surface area contributed by atoms with Gasteiger partial charge in [-0.25, -0.2) is 9.50 Å². The number of nitrogens with one attached hydrogen (secondary N) is 2. The number of fused-ring (bicyclic) bond motifs is 2. The van der Waals surface area contributed by atoms with E-state index in [0.717, 1.165) is 10.1 Å². The summed E-state index contributed by atoms with van der Waals surface area (Å²) in [6.45, 7) is 3.74. The maximum atomic E-state index is 12.9. The molecule has 2 aromatic heterocycles. The molecule has 0 saturated heterocycles. The van der Waals surface area contributed by atoms with Crippen molar-refractivity contribution in [1.82, 2.24) is 24.9 Å². The summed E-state index contributed by atoms with van der Waals surface area (Å²) in [6, 6.07) is 5.11. The molecule has 0 fully saturated rings. The van der Waals surface area contributed by atoms with Crippen molar-refractivity contribution in [3.05, 3.63) is 52.1 Å². The normalized spacial score (nSPS) is 13.4. The average molecular weight is 418 g/mol. The quantitative estimate of drug-likeness (QED) is 0.678. The number of carbonyl (C=O) groups is 2. The van der Waals surface area contributed by atoms with Crippen LogP contribution in [0.5, 0.6) is 0 Å². The van der Waals surface area contributed by atoms with Gasteiger partial charge < -0.3 is 10.6 Å². The molecule has 4 rings (SSSR count). The van der Waals surface area contributed by atoms with Crippen LogP contribution in [0.25, 0.3) is 5.78 Å². The zero-order valence-electron chi connectivity index (χ0n) is 16.1. The van der Waals surface area contributed by atoms with Crippen LogP contribution in [0.2, 0.25) is 0 Å². The molecule has 1 aromatic carbocycles. The Morgan fingerprint density at radius 3 is 2.77 bits per heavy atom. The van der Waals surface area contributed by atoms with E-state index >= 15 is 0 Å². The predicted molar refractivity (Wildman–Crippen MR) is 99.8 cm³/mol. The van der Waals surface area contributed by atoms with Crippen molar-refractivity contribution in [2.24, 2.45) is 0 Å². The van der Waals surface area contributed by atoms with Crippen LogP contribution in [-0.4, -0.2) is 31.4 Å². The van der Waals surface area contributed by atoms with E-state index in [1.54, 1.807) is 32.0 Å². The molecule has 8 nitrogen and oxygen atoms in total. The Morgan fingerprint density at radius 2 is 2.03 bits per heavy atom. The van der Waals surface area contributed by atoms with Crippen molar-refractivity contribution in [3.8, 4) is 0 Å². The second-order valence-corrected chi connectivity index (χ2v) is 7.01. The van der Waals surface area contributed by atoms with Gasteiger partial charge in [0, 0.05) is 35.6 Å². The fourth-order valence-corrected chi connectivity index (χ4v) is 3.44. The second kappa shape index (κ2) is 7.08. The molecule has 0 bridgehead atoms. The number of rotatable bonds is 4. The summed E-state index contributed by atoms with van der Waals surface area (Å²) in [5.41, 5.74) is 3.47. The van der Waals surface area contributed by atoms with E-state index in [-0.39, 0.29) is 30.4 Å². The molecule has 3 aromatic rings. The monoisotopic (exact) mass is 418 g/mol. The highest BCUT2D eigenvalue weighted by Crippen LogP contribution is 2.27. The number of alkyl halides is 3. The standard InChI is InChI=1S/C19H17F3N6O2/c1-9-13(10(2)28-18(24-9)26-17(27-28)19(20,21)22)5-6-15(29)25-12-4-3-11-8-23-16(30)14(11)7-12/h3-4,7H,5-6,8H2,1-2H3,(H,23,30)(H,25,29). The van der Waals surface area contributed by atoms with E-state index in [1.165, 1.54) is 0 Å². The minimum atomic E-state index is -4.67. The van der Waals surface area contributed by atoms with E-state index in [4.69, 9.17) is 0 Å². The molecule has 3 heterocycles. The first-order valence-corrected chi connectivity index (χ1v) is 9.14. The van der Waals surface area contributed by atoms with E-state index in [1.807, 2.05) is 0 Å². The van der Waals surface area contributed by atoms with Gasteiger partial charge in [0.2, 0.25) is 5.91 Å². The van der Waals surface area contributed by atoms with Crippen LogP contribution in [0, 0.1) is 13.8 Å². The molecule has 0 saturated carbocycles. The van der Waals surface area contributed by atoms with Gasteiger partial charge in [-0.05, 0) is 43.5 Å². The highest BCUT2D eigenvalue weighted by Gasteiger charge is 2.37. The van der Waals surface area contributed by atoms with Gasteiger partial charge >= 0.3 is 6.18 Å². The second-order valence-electron chi connectivity index (χ2n) is 7.01. The molecular weight excluding hydrogens is 401 g/mol. The van der Waals surface area contributed by atoms with Crippen molar-refractivity contribution in [2.45, 2.75) is 39.4 Å². The zero-order chi connectivity index (χ0) is 21.6. The lowest BCUT2D eigenvalue weighted by Gasteiger charge is -2.11. The number of nitrogens with zero attached hydrogens (tertiary/aromatic N) is 4. The van der Waals surface area contributed by atoms with Crippen molar-refractivity contribution < 1.29 is 22.8 Å². The third kappa shape index (κ3) is 3.58. The first kappa shape index (κ1) is 19.8. The lowest BCUT2D eigenvalue weighted by Crippen LogP contribution is -2.15.